The number of fused-ring (bicyclic) bond motifs is 3. The minimum Gasteiger partial charge on any atom is -0.394 e. The fourth-order valence-corrected chi connectivity index (χ4v) is 6.27. The lowest BCUT2D eigenvalue weighted by Crippen LogP contribution is -2.57. The minimum atomic E-state index is -1.40. The van der Waals surface area contributed by atoms with Gasteiger partial charge in [-0.25, -0.2) is 4.98 Å². The van der Waals surface area contributed by atoms with Crippen molar-refractivity contribution in [3.63, 3.8) is 0 Å². The van der Waals surface area contributed by atoms with Crippen LogP contribution in [-0.4, -0.2) is 66.9 Å². The average Bonchev–Trinajstić information content (AvgIpc) is 3.01. The van der Waals surface area contributed by atoms with E-state index < -0.39 is 36.5 Å². The highest BCUT2D eigenvalue weighted by Gasteiger charge is 2.44. The summed E-state index contributed by atoms with van der Waals surface area (Å²) in [6.45, 7) is -0.456. The van der Waals surface area contributed by atoms with Gasteiger partial charge in [0.15, 0.2) is 5.16 Å². The first kappa shape index (κ1) is 18.8. The van der Waals surface area contributed by atoms with Gasteiger partial charge in [-0.15, -0.1) is 11.3 Å². The molecule has 1 saturated heterocycles. The fraction of sp³-hybridized carbons (Fsp3) is 0.625. The number of nitrogens with zero attached hydrogens (tertiary/aromatic N) is 1. The van der Waals surface area contributed by atoms with Crippen molar-refractivity contribution >= 4 is 45.5 Å². The Balaban J connectivity index is 1.64. The molecule has 2 aromatic rings. The number of rotatable bonds is 3. The Hall–Kier alpha value is -0.590. The van der Waals surface area contributed by atoms with E-state index in [2.05, 4.69) is 9.97 Å². The summed E-state index contributed by atoms with van der Waals surface area (Å²) in [5, 5.41) is 40.8. The Bertz CT molecular complexity index is 867. The van der Waals surface area contributed by atoms with Crippen LogP contribution in [-0.2, 0) is 17.6 Å². The fourth-order valence-electron chi connectivity index (χ4n) is 3.47. The first-order valence-electron chi connectivity index (χ1n) is 8.51. The number of aryl methyl sites for hydroxylation is 2. The molecule has 142 valence electrons. The molecule has 7 nitrogen and oxygen atoms in total. The van der Waals surface area contributed by atoms with E-state index in [1.165, 1.54) is 16.9 Å². The quantitative estimate of drug-likeness (QED) is 0.373. The van der Waals surface area contributed by atoms with E-state index in [9.17, 15) is 20.4 Å². The average molecular weight is 417 g/mol. The second kappa shape index (κ2) is 7.44. The molecule has 10 heteroatoms. The van der Waals surface area contributed by atoms with Gasteiger partial charge in [-0.2, -0.15) is 0 Å². The molecule has 0 aromatic carbocycles. The van der Waals surface area contributed by atoms with Crippen LogP contribution < -0.4 is 0 Å². The van der Waals surface area contributed by atoms with E-state index in [0.29, 0.717) is 9.80 Å². The maximum Gasteiger partial charge on any atom is 0.170 e. The summed E-state index contributed by atoms with van der Waals surface area (Å²) in [4.78, 5) is 9.92. The summed E-state index contributed by atoms with van der Waals surface area (Å²) < 4.78 is 6.14. The summed E-state index contributed by atoms with van der Waals surface area (Å²) in [7, 11) is 0. The summed E-state index contributed by atoms with van der Waals surface area (Å²) in [5.74, 6) is 0. The van der Waals surface area contributed by atoms with E-state index >= 15 is 0 Å². The zero-order valence-electron chi connectivity index (χ0n) is 13.8. The SMILES string of the molecule is OC[C@H]1O[C@@H](Sc2nc3sc4c(c3c(=S)[nH]2)CCCC4)[C@H](O)[C@@H](O)[C@H]1O. The van der Waals surface area contributed by atoms with Crippen molar-refractivity contribution in [2.45, 2.75) is 60.7 Å². The van der Waals surface area contributed by atoms with Gasteiger partial charge in [-0.1, -0.05) is 24.0 Å². The number of H-pyrrole nitrogens is 1. The number of hydrogen-bond donors (Lipinski definition) is 5. The number of hydrogen-bond acceptors (Lipinski definition) is 9. The number of nitrogens with one attached hydrogen (secondary N) is 1. The molecule has 5 N–H and O–H groups in total. The van der Waals surface area contributed by atoms with E-state index in [4.69, 9.17) is 17.0 Å². The maximum atomic E-state index is 10.2. The molecule has 4 rings (SSSR count). The number of thiophene rings is 1. The van der Waals surface area contributed by atoms with Gasteiger partial charge in [0.05, 0.1) is 6.61 Å². The van der Waals surface area contributed by atoms with Crippen LogP contribution >= 0.6 is 35.3 Å². The molecule has 1 aliphatic heterocycles. The number of thioether (sulfide) groups is 1. The maximum absolute atomic E-state index is 10.2. The first-order valence-corrected chi connectivity index (χ1v) is 10.6. The first-order chi connectivity index (χ1) is 12.5. The van der Waals surface area contributed by atoms with Gasteiger partial charge in [0.1, 0.15) is 39.3 Å². The molecule has 0 bridgehead atoms. The van der Waals surface area contributed by atoms with E-state index in [1.807, 2.05) is 0 Å². The van der Waals surface area contributed by atoms with Crippen LogP contribution in [0, 0.1) is 4.64 Å². The highest BCUT2D eigenvalue weighted by Crippen LogP contribution is 2.38. The molecule has 0 amide bonds. The van der Waals surface area contributed by atoms with Crippen molar-refractivity contribution in [2.75, 3.05) is 6.61 Å². The summed E-state index contributed by atoms with van der Waals surface area (Å²) in [6.07, 6.45) is -0.601. The Labute approximate surface area is 163 Å². The summed E-state index contributed by atoms with van der Waals surface area (Å²) >= 11 is 8.27. The monoisotopic (exact) mass is 416 g/mol. The predicted molar refractivity (Wildman–Crippen MR) is 101 cm³/mol. The lowest BCUT2D eigenvalue weighted by molar-refractivity contribution is -0.205. The van der Waals surface area contributed by atoms with Crippen LogP contribution in [0.1, 0.15) is 23.3 Å². The van der Waals surface area contributed by atoms with Crippen molar-refractivity contribution in [1.82, 2.24) is 9.97 Å². The number of aliphatic hydroxyl groups is 4. The zero-order valence-corrected chi connectivity index (χ0v) is 16.2. The zero-order chi connectivity index (χ0) is 18.4. The van der Waals surface area contributed by atoms with Gasteiger partial charge in [0, 0.05) is 10.3 Å². The van der Waals surface area contributed by atoms with Crippen LogP contribution in [0.4, 0.5) is 0 Å². The van der Waals surface area contributed by atoms with Crippen molar-refractivity contribution in [3.05, 3.63) is 15.1 Å². The second-order valence-corrected chi connectivity index (χ2v) is 9.16. The van der Waals surface area contributed by atoms with Crippen LogP contribution in [0.15, 0.2) is 5.16 Å². The number of aliphatic hydroxyl groups excluding tert-OH is 4. The highest BCUT2D eigenvalue weighted by molar-refractivity contribution is 7.99. The minimum absolute atomic E-state index is 0.456. The van der Waals surface area contributed by atoms with Gasteiger partial charge in [0.25, 0.3) is 0 Å². The smallest absolute Gasteiger partial charge is 0.170 e. The summed E-state index contributed by atoms with van der Waals surface area (Å²) in [6, 6.07) is 0. The predicted octanol–water partition coefficient (Wildman–Crippen LogP) is 1.12. The topological polar surface area (TPSA) is 119 Å². The van der Waals surface area contributed by atoms with Gasteiger partial charge in [-0.3, -0.25) is 0 Å². The molecular weight excluding hydrogens is 396 g/mol. The highest BCUT2D eigenvalue weighted by atomic mass is 32.2. The lowest BCUT2D eigenvalue weighted by Gasteiger charge is -2.39. The van der Waals surface area contributed by atoms with Crippen molar-refractivity contribution in [3.8, 4) is 0 Å². The molecule has 0 saturated carbocycles. The molecule has 26 heavy (non-hydrogen) atoms. The molecule has 0 unspecified atom stereocenters. The molecule has 2 aliphatic rings. The third-order valence-electron chi connectivity index (χ3n) is 4.88. The molecule has 0 radical (unpaired) electrons. The Morgan fingerprint density at radius 1 is 1.19 bits per heavy atom. The van der Waals surface area contributed by atoms with Crippen LogP contribution in [0.2, 0.25) is 0 Å². The van der Waals surface area contributed by atoms with Gasteiger partial charge >= 0.3 is 0 Å². The van der Waals surface area contributed by atoms with E-state index in [0.717, 1.165) is 41.2 Å². The van der Waals surface area contributed by atoms with Gasteiger partial charge in [0.2, 0.25) is 0 Å². The third-order valence-corrected chi connectivity index (χ3v) is 7.41. The Morgan fingerprint density at radius 3 is 2.73 bits per heavy atom. The molecule has 1 aliphatic carbocycles. The molecular formula is C16H20N2O5S3. The molecule has 2 aromatic heterocycles. The van der Waals surface area contributed by atoms with Crippen LogP contribution in [0.5, 0.6) is 0 Å². The van der Waals surface area contributed by atoms with Crippen molar-refractivity contribution < 1.29 is 25.2 Å². The van der Waals surface area contributed by atoms with E-state index in [1.54, 1.807) is 11.3 Å². The van der Waals surface area contributed by atoms with Crippen LogP contribution in [0.25, 0.3) is 10.2 Å². The number of aromatic amines is 1. The van der Waals surface area contributed by atoms with Gasteiger partial charge < -0.3 is 30.1 Å². The molecule has 5 atom stereocenters. The number of aromatic nitrogens is 2. The third kappa shape index (κ3) is 3.22. The van der Waals surface area contributed by atoms with Crippen LogP contribution in [0.3, 0.4) is 0 Å². The normalized spacial score (nSPS) is 31.9. The molecule has 1 fully saturated rings. The second-order valence-electron chi connectivity index (χ2n) is 6.58. The largest absolute Gasteiger partial charge is 0.394 e. The molecule has 3 heterocycles. The molecule has 0 spiro atoms. The van der Waals surface area contributed by atoms with Gasteiger partial charge in [-0.05, 0) is 31.2 Å². The lowest BCUT2D eigenvalue weighted by atomic mass is 9.97. The number of ether oxygens (including phenoxy) is 1. The van der Waals surface area contributed by atoms with E-state index in [-0.39, 0.29) is 0 Å². The van der Waals surface area contributed by atoms with Crippen molar-refractivity contribution in [1.29, 1.82) is 0 Å². The summed E-state index contributed by atoms with van der Waals surface area (Å²) in [5.41, 5.74) is 0.421. The Kier molecular flexibility index (Phi) is 5.37. The standard InChI is InChI=1S/C16H20N2O5S3/c19-5-7-10(20)11(21)12(22)15(23-7)26-16-17-13(24)9-6-3-1-2-4-8(6)25-14(9)18-16/h7,10-12,15,19-22H,1-5H2,(H,17,18,24)/t7-,10+,11+,12-,15+/m1/s1. The van der Waals surface area contributed by atoms with Crippen molar-refractivity contribution in [2.24, 2.45) is 0 Å². The Morgan fingerprint density at radius 2 is 1.96 bits per heavy atom.